The number of carbonyl (C=O) groups is 2. The van der Waals surface area contributed by atoms with Gasteiger partial charge in [0.1, 0.15) is 19.5 Å². The Morgan fingerprint density at radius 1 is 1.35 bits per heavy atom. The van der Waals surface area contributed by atoms with Crippen LogP contribution in [-0.2, 0) is 26.1 Å². The summed E-state index contributed by atoms with van der Waals surface area (Å²) >= 11 is 1.30. The lowest BCUT2D eigenvalue weighted by atomic mass is 10.2. The molecule has 0 spiro atoms. The van der Waals surface area contributed by atoms with Gasteiger partial charge in [0.2, 0.25) is 5.76 Å². The van der Waals surface area contributed by atoms with Crippen LogP contribution in [0.3, 0.4) is 0 Å². The maximum atomic E-state index is 12.1. The van der Waals surface area contributed by atoms with E-state index in [0.29, 0.717) is 23.6 Å². The fourth-order valence-corrected chi connectivity index (χ4v) is 3.16. The summed E-state index contributed by atoms with van der Waals surface area (Å²) in [4.78, 5) is 28.3. The second-order valence-electron chi connectivity index (χ2n) is 4.74. The minimum Gasteiger partial charge on any atom is -0.494 e. The summed E-state index contributed by atoms with van der Waals surface area (Å²) in [6.07, 6.45) is 1.28. The van der Waals surface area contributed by atoms with Crippen LogP contribution >= 0.6 is 11.3 Å². The van der Waals surface area contributed by atoms with Gasteiger partial charge in [0.05, 0.1) is 22.9 Å². The Morgan fingerprint density at radius 2 is 2.17 bits per heavy atom. The molecule has 1 aromatic carbocycles. The number of esters is 1. The summed E-state index contributed by atoms with van der Waals surface area (Å²) in [5, 5.41) is 0. The number of nitrogens with zero attached hydrogens (tertiary/aromatic N) is 2. The summed E-state index contributed by atoms with van der Waals surface area (Å²) < 4.78 is 17.6. The normalized spacial score (nSPS) is 14.9. The average Bonchev–Trinajstić information content (AvgIpc) is 2.90. The van der Waals surface area contributed by atoms with E-state index in [4.69, 9.17) is 14.2 Å². The molecule has 0 N–H and O–H groups in total. The first-order valence-electron chi connectivity index (χ1n) is 6.81. The van der Waals surface area contributed by atoms with Crippen LogP contribution in [0.15, 0.2) is 35.2 Å². The van der Waals surface area contributed by atoms with Crippen molar-refractivity contribution < 1.29 is 23.8 Å². The molecule has 23 heavy (non-hydrogen) atoms. The molecule has 0 aliphatic carbocycles. The quantitative estimate of drug-likeness (QED) is 0.775. The molecule has 1 amide bonds. The molecule has 1 aliphatic rings. The molecule has 0 bridgehead atoms. The highest BCUT2D eigenvalue weighted by Gasteiger charge is 2.15. The van der Waals surface area contributed by atoms with Crippen molar-refractivity contribution in [2.24, 2.45) is 12.0 Å². The molecular formula is C15H14N2O5S. The van der Waals surface area contributed by atoms with Crippen molar-refractivity contribution in [3.05, 3.63) is 40.6 Å². The first-order valence-corrected chi connectivity index (χ1v) is 7.63. The number of aryl methyl sites for hydroxylation is 1. The predicted molar refractivity (Wildman–Crippen MR) is 82.7 cm³/mol. The van der Waals surface area contributed by atoms with Gasteiger partial charge in [0.25, 0.3) is 0 Å². The third-order valence-corrected chi connectivity index (χ3v) is 4.38. The summed E-state index contributed by atoms with van der Waals surface area (Å²) in [6, 6.07) is 5.18. The van der Waals surface area contributed by atoms with Crippen molar-refractivity contribution in [3.63, 3.8) is 0 Å². The fourth-order valence-electron chi connectivity index (χ4n) is 2.11. The molecule has 0 unspecified atom stereocenters. The summed E-state index contributed by atoms with van der Waals surface area (Å²) in [6.45, 7) is 0.748. The molecule has 0 radical (unpaired) electrons. The molecule has 3 rings (SSSR count). The standard InChI is InChI=1S/C15H14N2O5S/c1-17-10-4-3-9(14(19)20-2)7-12(10)23-15(17)16-13(18)11-8-21-5-6-22-11/h3-4,7-8H,5-6H2,1-2H3. The zero-order valence-corrected chi connectivity index (χ0v) is 13.4. The van der Waals surface area contributed by atoms with Crippen LogP contribution in [0.5, 0.6) is 0 Å². The van der Waals surface area contributed by atoms with E-state index in [0.717, 1.165) is 10.2 Å². The molecule has 2 aromatic rings. The van der Waals surface area contributed by atoms with Gasteiger partial charge in [-0.3, -0.25) is 4.79 Å². The number of methoxy groups -OCH3 is 1. The second-order valence-corrected chi connectivity index (χ2v) is 5.75. The molecule has 0 saturated heterocycles. The minimum atomic E-state index is -0.500. The van der Waals surface area contributed by atoms with Gasteiger partial charge in [-0.25, -0.2) is 4.79 Å². The topological polar surface area (TPSA) is 79.1 Å². The van der Waals surface area contributed by atoms with E-state index in [1.807, 2.05) is 0 Å². The van der Waals surface area contributed by atoms with Crippen molar-refractivity contribution >= 4 is 33.4 Å². The van der Waals surface area contributed by atoms with E-state index in [1.165, 1.54) is 24.7 Å². The Kier molecular flexibility index (Phi) is 4.16. The minimum absolute atomic E-state index is 0.0870. The van der Waals surface area contributed by atoms with E-state index in [2.05, 4.69) is 4.99 Å². The lowest BCUT2D eigenvalue weighted by Gasteiger charge is -2.12. The molecule has 0 saturated carbocycles. The van der Waals surface area contributed by atoms with Gasteiger partial charge in [-0.2, -0.15) is 4.99 Å². The molecule has 1 aromatic heterocycles. The molecule has 8 heteroatoms. The zero-order chi connectivity index (χ0) is 16.4. The summed E-state index contributed by atoms with van der Waals surface area (Å²) in [5.74, 6) is -0.820. The zero-order valence-electron chi connectivity index (χ0n) is 12.6. The number of hydrogen-bond acceptors (Lipinski definition) is 6. The Hall–Kier alpha value is -2.61. The van der Waals surface area contributed by atoms with Gasteiger partial charge in [0, 0.05) is 7.05 Å². The second kappa shape index (κ2) is 6.25. The van der Waals surface area contributed by atoms with Gasteiger partial charge in [-0.15, -0.1) is 0 Å². The average molecular weight is 334 g/mol. The third-order valence-electron chi connectivity index (χ3n) is 3.29. The van der Waals surface area contributed by atoms with Crippen LogP contribution in [0.1, 0.15) is 10.4 Å². The number of thiazole rings is 1. The maximum Gasteiger partial charge on any atom is 0.337 e. The number of carbonyl (C=O) groups excluding carboxylic acids is 2. The van der Waals surface area contributed by atoms with E-state index >= 15 is 0 Å². The van der Waals surface area contributed by atoms with Crippen LogP contribution < -0.4 is 4.80 Å². The van der Waals surface area contributed by atoms with E-state index in [1.54, 1.807) is 29.8 Å². The van der Waals surface area contributed by atoms with Crippen molar-refractivity contribution in [2.45, 2.75) is 0 Å². The van der Waals surface area contributed by atoms with Gasteiger partial charge in [0.15, 0.2) is 4.80 Å². The number of amides is 1. The number of aromatic nitrogens is 1. The highest BCUT2D eigenvalue weighted by atomic mass is 32.1. The third kappa shape index (κ3) is 2.98. The molecule has 1 aliphatic heterocycles. The van der Waals surface area contributed by atoms with Gasteiger partial charge < -0.3 is 18.8 Å². The van der Waals surface area contributed by atoms with Crippen molar-refractivity contribution in [1.29, 1.82) is 0 Å². The van der Waals surface area contributed by atoms with Crippen LogP contribution in [0, 0.1) is 0 Å². The smallest absolute Gasteiger partial charge is 0.337 e. The Labute approximate surface area is 135 Å². The fraction of sp³-hybridized carbons (Fsp3) is 0.267. The molecule has 2 heterocycles. The monoisotopic (exact) mass is 334 g/mol. The Balaban J connectivity index is 2.02. The molecule has 0 atom stereocenters. The molecule has 7 nitrogen and oxygen atoms in total. The number of hydrogen-bond donors (Lipinski definition) is 0. The lowest BCUT2D eigenvalue weighted by Crippen LogP contribution is -2.18. The van der Waals surface area contributed by atoms with Crippen molar-refractivity contribution in [3.8, 4) is 0 Å². The predicted octanol–water partition coefficient (Wildman–Crippen LogP) is 1.34. The first-order chi connectivity index (χ1) is 11.1. The first kappa shape index (κ1) is 15.3. The Morgan fingerprint density at radius 3 is 2.87 bits per heavy atom. The van der Waals surface area contributed by atoms with Crippen molar-refractivity contribution in [2.75, 3.05) is 20.3 Å². The maximum absolute atomic E-state index is 12.1. The van der Waals surface area contributed by atoms with E-state index in [-0.39, 0.29) is 5.76 Å². The highest BCUT2D eigenvalue weighted by molar-refractivity contribution is 7.16. The van der Waals surface area contributed by atoms with Gasteiger partial charge in [-0.05, 0) is 18.2 Å². The Bertz CT molecular complexity index is 878. The van der Waals surface area contributed by atoms with Crippen LogP contribution in [0.2, 0.25) is 0 Å². The van der Waals surface area contributed by atoms with E-state index < -0.39 is 11.9 Å². The number of ether oxygens (including phenoxy) is 3. The molecule has 0 fully saturated rings. The van der Waals surface area contributed by atoms with Crippen LogP contribution in [0.25, 0.3) is 10.2 Å². The summed E-state index contributed by atoms with van der Waals surface area (Å²) in [7, 11) is 3.13. The number of rotatable bonds is 2. The molecule has 120 valence electrons. The van der Waals surface area contributed by atoms with Crippen LogP contribution in [-0.4, -0.2) is 36.8 Å². The number of fused-ring (bicyclic) bond motifs is 1. The van der Waals surface area contributed by atoms with Gasteiger partial charge >= 0.3 is 11.9 Å². The SMILES string of the molecule is COC(=O)c1ccc2c(c1)sc(=NC(=O)C1=COCCO1)n2C. The summed E-state index contributed by atoms with van der Waals surface area (Å²) in [5.41, 5.74) is 1.32. The molecular weight excluding hydrogens is 320 g/mol. The van der Waals surface area contributed by atoms with Gasteiger partial charge in [-0.1, -0.05) is 11.3 Å². The highest BCUT2D eigenvalue weighted by Crippen LogP contribution is 2.19. The number of benzene rings is 1. The van der Waals surface area contributed by atoms with Crippen molar-refractivity contribution in [1.82, 2.24) is 4.57 Å². The largest absolute Gasteiger partial charge is 0.494 e. The van der Waals surface area contributed by atoms with Crippen LogP contribution in [0.4, 0.5) is 0 Å². The van der Waals surface area contributed by atoms with E-state index in [9.17, 15) is 9.59 Å². The lowest BCUT2D eigenvalue weighted by molar-refractivity contribution is -0.119.